The molecule has 1 aromatic carbocycles. The topological polar surface area (TPSA) is 55.6 Å². The van der Waals surface area contributed by atoms with E-state index >= 15 is 0 Å². The average Bonchev–Trinajstić information content (AvgIpc) is 2.42. The molecule has 0 saturated carbocycles. The van der Waals surface area contributed by atoms with Crippen molar-refractivity contribution in [1.82, 2.24) is 4.90 Å². The average molecular weight is 321 g/mol. The first kappa shape index (κ1) is 19.2. The molecule has 0 aliphatic carbocycles. The van der Waals surface area contributed by atoms with Crippen molar-refractivity contribution in [1.29, 1.82) is 0 Å². The van der Waals surface area contributed by atoms with Gasteiger partial charge in [0, 0.05) is 25.7 Å². The van der Waals surface area contributed by atoms with Crippen LogP contribution in [0.5, 0.6) is 0 Å². The molecule has 6 heteroatoms. The molecule has 2 atom stereocenters. The van der Waals surface area contributed by atoms with E-state index in [9.17, 15) is 4.79 Å². The van der Waals surface area contributed by atoms with Crippen molar-refractivity contribution in [2.24, 2.45) is 5.73 Å². The van der Waals surface area contributed by atoms with Gasteiger partial charge in [0.15, 0.2) is 0 Å². The van der Waals surface area contributed by atoms with Crippen molar-refractivity contribution < 1.29 is 9.53 Å². The molecule has 1 amide bonds. The zero-order valence-electron chi connectivity index (χ0n) is 12.0. The molecule has 0 radical (unpaired) electrons. The summed E-state index contributed by atoms with van der Waals surface area (Å²) in [6, 6.07) is 7.48. The molecule has 0 heterocycles. The second kappa shape index (κ2) is 9.19. The maximum absolute atomic E-state index is 12.1. The summed E-state index contributed by atoms with van der Waals surface area (Å²) in [4.78, 5) is 13.8. The molecule has 20 heavy (non-hydrogen) atoms. The van der Waals surface area contributed by atoms with E-state index in [1.54, 1.807) is 19.1 Å². The van der Waals surface area contributed by atoms with Crippen LogP contribution < -0.4 is 5.73 Å². The molecular weight excluding hydrogens is 299 g/mol. The Hall–Kier alpha value is -0.810. The predicted molar refractivity (Wildman–Crippen MR) is 84.4 cm³/mol. The minimum Gasteiger partial charge on any atom is -0.380 e. The van der Waals surface area contributed by atoms with Gasteiger partial charge < -0.3 is 15.4 Å². The largest absolute Gasteiger partial charge is 0.380 e. The highest BCUT2D eigenvalue weighted by molar-refractivity contribution is 6.30. The van der Waals surface area contributed by atoms with E-state index in [1.807, 2.05) is 31.2 Å². The standard InChI is InChI=1S/C14H21ClN2O2.ClH/c1-10(11-5-4-6-12(15)7-11)17(2)14(18)8-13(9-16)19-3;/h4-7,10,13H,8-9,16H2,1-3H3;1H. The maximum atomic E-state index is 12.1. The Kier molecular flexibility index (Phi) is 8.81. The van der Waals surface area contributed by atoms with Gasteiger partial charge in [-0.15, -0.1) is 12.4 Å². The predicted octanol–water partition coefficient (Wildman–Crippen LogP) is 2.65. The first-order valence-electron chi connectivity index (χ1n) is 6.23. The van der Waals surface area contributed by atoms with E-state index in [4.69, 9.17) is 22.1 Å². The van der Waals surface area contributed by atoms with Crippen molar-refractivity contribution in [3.05, 3.63) is 34.9 Å². The van der Waals surface area contributed by atoms with Crippen LogP contribution in [0.25, 0.3) is 0 Å². The summed E-state index contributed by atoms with van der Waals surface area (Å²) < 4.78 is 5.13. The van der Waals surface area contributed by atoms with Crippen LogP contribution in [0, 0.1) is 0 Å². The third-order valence-corrected chi connectivity index (χ3v) is 3.54. The number of benzene rings is 1. The van der Waals surface area contributed by atoms with Gasteiger partial charge in [-0.2, -0.15) is 0 Å². The van der Waals surface area contributed by atoms with Gasteiger partial charge in [-0.05, 0) is 24.6 Å². The lowest BCUT2D eigenvalue weighted by atomic mass is 10.1. The van der Waals surface area contributed by atoms with E-state index in [1.165, 1.54) is 0 Å². The molecule has 0 aromatic heterocycles. The molecule has 2 N–H and O–H groups in total. The van der Waals surface area contributed by atoms with Gasteiger partial charge in [0.05, 0.1) is 18.6 Å². The van der Waals surface area contributed by atoms with Gasteiger partial charge in [-0.3, -0.25) is 4.79 Å². The summed E-state index contributed by atoms with van der Waals surface area (Å²) in [5.74, 6) is 0.00442. The van der Waals surface area contributed by atoms with Crippen molar-refractivity contribution in [3.63, 3.8) is 0 Å². The zero-order valence-corrected chi connectivity index (χ0v) is 13.6. The Morgan fingerprint density at radius 3 is 2.65 bits per heavy atom. The van der Waals surface area contributed by atoms with E-state index in [0.717, 1.165) is 5.56 Å². The molecule has 0 bridgehead atoms. The first-order chi connectivity index (χ1) is 8.99. The Bertz CT molecular complexity index is 425. The van der Waals surface area contributed by atoms with Crippen molar-refractivity contribution in [3.8, 4) is 0 Å². The molecule has 2 unspecified atom stereocenters. The van der Waals surface area contributed by atoms with Gasteiger partial charge >= 0.3 is 0 Å². The van der Waals surface area contributed by atoms with E-state index in [2.05, 4.69) is 0 Å². The van der Waals surface area contributed by atoms with Gasteiger partial charge in [0.2, 0.25) is 5.91 Å². The summed E-state index contributed by atoms with van der Waals surface area (Å²) in [5.41, 5.74) is 6.53. The van der Waals surface area contributed by atoms with Gasteiger partial charge in [-0.1, -0.05) is 23.7 Å². The summed E-state index contributed by atoms with van der Waals surface area (Å²) >= 11 is 5.96. The van der Waals surface area contributed by atoms with Gasteiger partial charge in [0.1, 0.15) is 0 Å². The SMILES string of the molecule is COC(CN)CC(=O)N(C)C(C)c1cccc(Cl)c1.Cl. The minimum atomic E-state index is -0.235. The molecule has 0 aliphatic rings. The van der Waals surface area contributed by atoms with Crippen molar-refractivity contribution in [2.45, 2.75) is 25.5 Å². The molecule has 4 nitrogen and oxygen atoms in total. The number of carbonyl (C=O) groups excluding carboxylic acids is 1. The Morgan fingerprint density at radius 1 is 1.50 bits per heavy atom. The van der Waals surface area contributed by atoms with Gasteiger partial charge in [-0.25, -0.2) is 0 Å². The fraction of sp³-hybridized carbons (Fsp3) is 0.500. The molecule has 0 spiro atoms. The van der Waals surface area contributed by atoms with Crippen LogP contribution in [0.3, 0.4) is 0 Å². The number of amides is 1. The molecule has 1 rings (SSSR count). The second-order valence-corrected chi connectivity index (χ2v) is 4.97. The number of carbonyl (C=O) groups is 1. The summed E-state index contributed by atoms with van der Waals surface area (Å²) in [6.45, 7) is 2.30. The minimum absolute atomic E-state index is 0. The lowest BCUT2D eigenvalue weighted by molar-refractivity contribution is -0.134. The summed E-state index contributed by atoms with van der Waals surface area (Å²) in [6.07, 6.45) is 0.0514. The van der Waals surface area contributed by atoms with E-state index in [0.29, 0.717) is 11.6 Å². The van der Waals surface area contributed by atoms with Gasteiger partial charge in [0.25, 0.3) is 0 Å². The maximum Gasteiger partial charge on any atom is 0.225 e. The third kappa shape index (κ3) is 5.29. The lowest BCUT2D eigenvalue weighted by Gasteiger charge is -2.27. The van der Waals surface area contributed by atoms with Crippen LogP contribution in [0.4, 0.5) is 0 Å². The van der Waals surface area contributed by atoms with Crippen molar-refractivity contribution in [2.75, 3.05) is 20.7 Å². The smallest absolute Gasteiger partial charge is 0.225 e. The highest BCUT2D eigenvalue weighted by Crippen LogP contribution is 2.22. The number of hydrogen-bond donors (Lipinski definition) is 1. The quantitative estimate of drug-likeness (QED) is 0.876. The highest BCUT2D eigenvalue weighted by atomic mass is 35.5. The molecular formula is C14H22Cl2N2O2. The van der Waals surface area contributed by atoms with Crippen LogP contribution in [0.1, 0.15) is 24.9 Å². The first-order valence-corrected chi connectivity index (χ1v) is 6.61. The monoisotopic (exact) mass is 320 g/mol. The number of hydrogen-bond acceptors (Lipinski definition) is 3. The second-order valence-electron chi connectivity index (χ2n) is 4.53. The van der Waals surface area contributed by atoms with E-state index < -0.39 is 0 Å². The fourth-order valence-corrected chi connectivity index (χ4v) is 2.01. The fourth-order valence-electron chi connectivity index (χ4n) is 1.81. The lowest BCUT2D eigenvalue weighted by Crippen LogP contribution is -2.35. The van der Waals surface area contributed by atoms with Crippen molar-refractivity contribution >= 4 is 29.9 Å². The Balaban J connectivity index is 0.00000361. The zero-order chi connectivity index (χ0) is 14.4. The molecule has 0 aliphatic heterocycles. The van der Waals surface area contributed by atoms with Crippen LogP contribution in [-0.2, 0) is 9.53 Å². The summed E-state index contributed by atoms with van der Waals surface area (Å²) in [5, 5.41) is 0.668. The Labute approximate surface area is 131 Å². The van der Waals surface area contributed by atoms with E-state index in [-0.39, 0.29) is 36.9 Å². The number of nitrogens with zero attached hydrogens (tertiary/aromatic N) is 1. The Morgan fingerprint density at radius 2 is 2.15 bits per heavy atom. The number of rotatable bonds is 6. The molecule has 0 fully saturated rings. The molecule has 0 saturated heterocycles. The molecule has 114 valence electrons. The number of ether oxygens (including phenoxy) is 1. The number of halogens is 2. The summed E-state index contributed by atoms with van der Waals surface area (Å²) in [7, 11) is 3.34. The normalized spacial score (nSPS) is 13.2. The number of methoxy groups -OCH3 is 1. The molecule has 1 aromatic rings. The van der Waals surface area contributed by atoms with Crippen LogP contribution in [-0.4, -0.2) is 37.6 Å². The number of nitrogens with two attached hydrogens (primary N) is 1. The third-order valence-electron chi connectivity index (χ3n) is 3.30. The van der Waals surface area contributed by atoms with Crippen LogP contribution in [0.15, 0.2) is 24.3 Å². The van der Waals surface area contributed by atoms with Crippen LogP contribution >= 0.6 is 24.0 Å². The van der Waals surface area contributed by atoms with Crippen LogP contribution in [0.2, 0.25) is 5.02 Å². The highest BCUT2D eigenvalue weighted by Gasteiger charge is 2.20.